The molecule has 0 radical (unpaired) electrons. The number of carbonyl (C=O) groups is 1. The monoisotopic (exact) mass is 274 g/mol. The summed E-state index contributed by atoms with van der Waals surface area (Å²) in [5, 5.41) is 6.46. The number of carbonyl (C=O) groups excluding carboxylic acids is 1. The lowest BCUT2D eigenvalue weighted by Crippen LogP contribution is -2.50. The molecule has 2 rings (SSSR count). The maximum absolute atomic E-state index is 11.8. The molecule has 2 N–H and O–H groups in total. The highest BCUT2D eigenvalue weighted by Gasteiger charge is 2.30. The molecule has 2 aliphatic rings. The molecule has 106 valence electrons. The second-order valence-corrected chi connectivity index (χ2v) is 6.37. The molecule has 0 saturated heterocycles. The van der Waals surface area contributed by atoms with E-state index >= 15 is 0 Å². The lowest BCUT2D eigenvalue weighted by atomic mass is 9.78. The van der Waals surface area contributed by atoms with Crippen molar-refractivity contribution in [1.29, 1.82) is 0 Å². The van der Waals surface area contributed by atoms with Crippen molar-refractivity contribution >= 4 is 18.3 Å². The highest BCUT2D eigenvalue weighted by atomic mass is 35.5. The molecule has 0 unspecified atom stereocenters. The van der Waals surface area contributed by atoms with Crippen molar-refractivity contribution in [2.24, 2.45) is 11.8 Å². The topological polar surface area (TPSA) is 41.1 Å². The van der Waals surface area contributed by atoms with Crippen LogP contribution in [0.4, 0.5) is 0 Å². The van der Waals surface area contributed by atoms with Gasteiger partial charge in [-0.1, -0.05) is 6.92 Å². The van der Waals surface area contributed by atoms with Crippen LogP contribution in [-0.4, -0.2) is 24.5 Å². The molecule has 0 aliphatic heterocycles. The standard InChI is InChI=1S/C14H26N2O.ClH/c1-11-5-7-14(2,8-6-11)16-13(17)10-15-9-12-3-4-12;/h11-12,15H,3-10H2,1-2H3,(H,16,17);1H. The highest BCUT2D eigenvalue weighted by molar-refractivity contribution is 5.85. The van der Waals surface area contributed by atoms with Crippen molar-refractivity contribution in [3.05, 3.63) is 0 Å². The van der Waals surface area contributed by atoms with E-state index < -0.39 is 0 Å². The summed E-state index contributed by atoms with van der Waals surface area (Å²) in [4.78, 5) is 11.8. The van der Waals surface area contributed by atoms with E-state index in [9.17, 15) is 4.79 Å². The van der Waals surface area contributed by atoms with Gasteiger partial charge in [-0.3, -0.25) is 4.79 Å². The van der Waals surface area contributed by atoms with Gasteiger partial charge in [0, 0.05) is 5.54 Å². The Kier molecular flexibility index (Phi) is 5.93. The lowest BCUT2D eigenvalue weighted by molar-refractivity contribution is -0.122. The molecular formula is C14H27ClN2O. The molecule has 18 heavy (non-hydrogen) atoms. The summed E-state index contributed by atoms with van der Waals surface area (Å²) in [5.74, 6) is 1.84. The Labute approximate surface area is 117 Å². The summed E-state index contributed by atoms with van der Waals surface area (Å²) < 4.78 is 0. The minimum absolute atomic E-state index is 0. The van der Waals surface area contributed by atoms with Crippen molar-refractivity contribution in [3.63, 3.8) is 0 Å². The third kappa shape index (κ3) is 5.15. The summed E-state index contributed by atoms with van der Waals surface area (Å²) in [5.41, 5.74) is 0.0465. The first-order valence-electron chi connectivity index (χ1n) is 7.09. The summed E-state index contributed by atoms with van der Waals surface area (Å²) in [6.45, 7) is 6.00. The third-order valence-corrected chi connectivity index (χ3v) is 4.23. The molecule has 1 amide bonds. The highest BCUT2D eigenvalue weighted by Crippen LogP contribution is 2.31. The van der Waals surface area contributed by atoms with Gasteiger partial charge in [0.2, 0.25) is 5.91 Å². The fraction of sp³-hybridized carbons (Fsp3) is 0.929. The van der Waals surface area contributed by atoms with E-state index in [0.29, 0.717) is 6.54 Å². The Morgan fingerprint density at radius 1 is 1.22 bits per heavy atom. The average Bonchev–Trinajstić information content (AvgIpc) is 3.07. The SMILES string of the molecule is CC1CCC(C)(NC(=O)CNCC2CC2)CC1.Cl. The van der Waals surface area contributed by atoms with E-state index in [0.717, 1.165) is 31.2 Å². The van der Waals surface area contributed by atoms with Crippen LogP contribution < -0.4 is 10.6 Å². The first-order valence-corrected chi connectivity index (χ1v) is 7.09. The molecule has 0 bridgehead atoms. The quantitative estimate of drug-likeness (QED) is 0.809. The largest absolute Gasteiger partial charge is 0.350 e. The van der Waals surface area contributed by atoms with Gasteiger partial charge in [-0.05, 0) is 63.8 Å². The lowest BCUT2D eigenvalue weighted by Gasteiger charge is -2.37. The van der Waals surface area contributed by atoms with E-state index in [4.69, 9.17) is 0 Å². The first kappa shape index (κ1) is 15.8. The molecule has 0 aromatic rings. The number of rotatable bonds is 5. The zero-order valence-electron chi connectivity index (χ0n) is 11.6. The second-order valence-electron chi connectivity index (χ2n) is 6.37. The van der Waals surface area contributed by atoms with Crippen LogP contribution in [0.3, 0.4) is 0 Å². The normalized spacial score (nSPS) is 31.6. The number of hydrogen-bond donors (Lipinski definition) is 2. The Morgan fingerprint density at radius 3 is 2.39 bits per heavy atom. The van der Waals surface area contributed by atoms with Gasteiger partial charge in [-0.2, -0.15) is 0 Å². The molecule has 0 heterocycles. The van der Waals surface area contributed by atoms with Crippen LogP contribution in [0.5, 0.6) is 0 Å². The van der Waals surface area contributed by atoms with Gasteiger partial charge in [-0.15, -0.1) is 12.4 Å². The predicted molar refractivity (Wildman–Crippen MR) is 77.0 cm³/mol. The van der Waals surface area contributed by atoms with Crippen LogP contribution in [0.25, 0.3) is 0 Å². The van der Waals surface area contributed by atoms with Crippen LogP contribution in [-0.2, 0) is 4.79 Å². The van der Waals surface area contributed by atoms with Crippen LogP contribution in [0.15, 0.2) is 0 Å². The Balaban J connectivity index is 0.00000162. The van der Waals surface area contributed by atoms with Crippen molar-refractivity contribution in [1.82, 2.24) is 10.6 Å². The van der Waals surface area contributed by atoms with E-state index in [1.807, 2.05) is 0 Å². The van der Waals surface area contributed by atoms with E-state index in [1.54, 1.807) is 0 Å². The van der Waals surface area contributed by atoms with Gasteiger partial charge >= 0.3 is 0 Å². The van der Waals surface area contributed by atoms with Gasteiger partial charge in [-0.25, -0.2) is 0 Å². The summed E-state index contributed by atoms with van der Waals surface area (Å²) in [7, 11) is 0. The number of halogens is 1. The number of hydrogen-bond acceptors (Lipinski definition) is 2. The summed E-state index contributed by atoms with van der Waals surface area (Å²) >= 11 is 0. The van der Waals surface area contributed by atoms with E-state index in [-0.39, 0.29) is 23.9 Å². The predicted octanol–water partition coefficient (Wildman–Crippen LogP) is 2.49. The smallest absolute Gasteiger partial charge is 0.234 e. The van der Waals surface area contributed by atoms with Crippen LogP contribution in [0.1, 0.15) is 52.4 Å². The van der Waals surface area contributed by atoms with Crippen LogP contribution in [0, 0.1) is 11.8 Å². The van der Waals surface area contributed by atoms with Gasteiger partial charge in [0.15, 0.2) is 0 Å². The molecule has 0 spiro atoms. The van der Waals surface area contributed by atoms with Gasteiger partial charge < -0.3 is 10.6 Å². The fourth-order valence-corrected chi connectivity index (χ4v) is 2.62. The Morgan fingerprint density at radius 2 is 1.83 bits per heavy atom. The fourth-order valence-electron chi connectivity index (χ4n) is 2.62. The number of nitrogens with one attached hydrogen (secondary N) is 2. The van der Waals surface area contributed by atoms with E-state index in [1.165, 1.54) is 25.7 Å². The maximum atomic E-state index is 11.8. The third-order valence-electron chi connectivity index (χ3n) is 4.23. The van der Waals surface area contributed by atoms with Gasteiger partial charge in [0.05, 0.1) is 6.54 Å². The summed E-state index contributed by atoms with van der Waals surface area (Å²) in [6, 6.07) is 0. The zero-order valence-corrected chi connectivity index (χ0v) is 12.4. The van der Waals surface area contributed by atoms with Crippen LogP contribution in [0.2, 0.25) is 0 Å². The number of amides is 1. The molecular weight excluding hydrogens is 248 g/mol. The van der Waals surface area contributed by atoms with E-state index in [2.05, 4.69) is 24.5 Å². The van der Waals surface area contributed by atoms with Crippen molar-refractivity contribution in [2.75, 3.05) is 13.1 Å². The Bertz CT molecular complexity index is 271. The Hall–Kier alpha value is -0.280. The molecule has 3 nitrogen and oxygen atoms in total. The molecule has 2 saturated carbocycles. The summed E-state index contributed by atoms with van der Waals surface area (Å²) in [6.07, 6.45) is 7.41. The average molecular weight is 275 g/mol. The van der Waals surface area contributed by atoms with Crippen molar-refractivity contribution in [2.45, 2.75) is 57.9 Å². The molecule has 4 heteroatoms. The van der Waals surface area contributed by atoms with Crippen molar-refractivity contribution in [3.8, 4) is 0 Å². The molecule has 2 aliphatic carbocycles. The first-order chi connectivity index (χ1) is 8.07. The van der Waals surface area contributed by atoms with Crippen LogP contribution >= 0.6 is 12.4 Å². The molecule has 0 atom stereocenters. The minimum Gasteiger partial charge on any atom is -0.350 e. The molecule has 0 aromatic carbocycles. The van der Waals surface area contributed by atoms with Gasteiger partial charge in [0.25, 0.3) is 0 Å². The van der Waals surface area contributed by atoms with Crippen molar-refractivity contribution < 1.29 is 4.79 Å². The zero-order chi connectivity index (χ0) is 12.3. The molecule has 0 aromatic heterocycles. The minimum atomic E-state index is 0. The van der Waals surface area contributed by atoms with Gasteiger partial charge in [0.1, 0.15) is 0 Å². The maximum Gasteiger partial charge on any atom is 0.234 e. The second kappa shape index (κ2) is 6.76. The molecule has 2 fully saturated rings.